The van der Waals surface area contributed by atoms with Crippen LogP contribution < -0.4 is 5.32 Å². The van der Waals surface area contributed by atoms with Gasteiger partial charge in [-0.25, -0.2) is 0 Å². The Morgan fingerprint density at radius 1 is 1.00 bits per heavy atom. The number of amides is 2. The minimum Gasteiger partial charge on any atom is -0.368 e. The van der Waals surface area contributed by atoms with E-state index in [9.17, 15) is 9.59 Å². The summed E-state index contributed by atoms with van der Waals surface area (Å²) in [5, 5.41) is 3.33. The van der Waals surface area contributed by atoms with Gasteiger partial charge in [0.1, 0.15) is 6.10 Å². The number of nitrogens with zero attached hydrogens (tertiary/aromatic N) is 2. The zero-order valence-electron chi connectivity index (χ0n) is 13.7. The van der Waals surface area contributed by atoms with Crippen LogP contribution in [-0.2, 0) is 14.3 Å². The first kappa shape index (κ1) is 18.5. The number of nitrogens with one attached hydrogen (secondary N) is 1. The monoisotopic (exact) mass is 345 g/mol. The lowest BCUT2D eigenvalue weighted by molar-refractivity contribution is -0.146. The Morgan fingerprint density at radius 3 is 2.26 bits per heavy atom. The van der Waals surface area contributed by atoms with Crippen molar-refractivity contribution in [3.05, 3.63) is 0 Å². The van der Waals surface area contributed by atoms with Crippen molar-refractivity contribution < 1.29 is 14.3 Å². The maximum Gasteiger partial charge on any atom is 0.251 e. The van der Waals surface area contributed by atoms with Crippen molar-refractivity contribution in [2.45, 2.75) is 38.2 Å². The Balaban J connectivity index is 0.00000192. The van der Waals surface area contributed by atoms with E-state index < -0.39 is 0 Å². The van der Waals surface area contributed by atoms with E-state index in [4.69, 9.17) is 4.74 Å². The van der Waals surface area contributed by atoms with Gasteiger partial charge >= 0.3 is 0 Å². The van der Waals surface area contributed by atoms with Gasteiger partial charge in [-0.1, -0.05) is 0 Å². The summed E-state index contributed by atoms with van der Waals surface area (Å²) < 4.78 is 5.47. The molecule has 3 saturated heterocycles. The molecule has 0 bridgehead atoms. The zero-order valence-corrected chi connectivity index (χ0v) is 14.5. The van der Waals surface area contributed by atoms with Crippen molar-refractivity contribution in [1.29, 1.82) is 0 Å². The van der Waals surface area contributed by atoms with Gasteiger partial charge in [0, 0.05) is 39.2 Å². The van der Waals surface area contributed by atoms with Crippen LogP contribution in [-0.4, -0.2) is 73.6 Å². The number of halogens is 1. The molecule has 0 radical (unpaired) electrons. The van der Waals surface area contributed by atoms with Gasteiger partial charge in [0.15, 0.2) is 0 Å². The van der Waals surface area contributed by atoms with Crippen molar-refractivity contribution in [2.24, 2.45) is 5.92 Å². The Bertz CT molecular complexity index is 401. The molecule has 1 N–H and O–H groups in total. The average molecular weight is 346 g/mol. The highest BCUT2D eigenvalue weighted by molar-refractivity contribution is 5.85. The summed E-state index contributed by atoms with van der Waals surface area (Å²) in [6.07, 6.45) is 4.45. The molecule has 0 aliphatic carbocycles. The average Bonchev–Trinajstić information content (AvgIpc) is 3.10. The highest BCUT2D eigenvalue weighted by Gasteiger charge is 2.31. The summed E-state index contributed by atoms with van der Waals surface area (Å²) in [6.45, 7) is 5.40. The van der Waals surface area contributed by atoms with E-state index in [-0.39, 0.29) is 30.3 Å². The summed E-state index contributed by atoms with van der Waals surface area (Å²) in [7, 11) is 0. The fourth-order valence-electron chi connectivity index (χ4n) is 3.61. The highest BCUT2D eigenvalue weighted by atomic mass is 35.5. The molecule has 1 unspecified atom stereocenters. The third kappa shape index (κ3) is 4.81. The summed E-state index contributed by atoms with van der Waals surface area (Å²) in [6, 6.07) is 0. The minimum absolute atomic E-state index is 0. The van der Waals surface area contributed by atoms with Crippen LogP contribution >= 0.6 is 12.4 Å². The topological polar surface area (TPSA) is 61.9 Å². The summed E-state index contributed by atoms with van der Waals surface area (Å²) in [4.78, 5) is 28.5. The van der Waals surface area contributed by atoms with E-state index in [0.29, 0.717) is 45.1 Å². The quantitative estimate of drug-likeness (QED) is 0.815. The molecule has 3 rings (SSSR count). The van der Waals surface area contributed by atoms with Crippen LogP contribution in [0.25, 0.3) is 0 Å². The molecule has 0 aromatic carbocycles. The lowest BCUT2D eigenvalue weighted by atomic mass is 9.94. The van der Waals surface area contributed by atoms with Crippen LogP contribution in [0.2, 0.25) is 0 Å². The number of carbonyl (C=O) groups excluding carboxylic acids is 2. The van der Waals surface area contributed by atoms with E-state index >= 15 is 0 Å². The lowest BCUT2D eigenvalue weighted by Crippen LogP contribution is -2.53. The summed E-state index contributed by atoms with van der Waals surface area (Å²) in [5.74, 6) is 0.902. The van der Waals surface area contributed by atoms with Gasteiger partial charge in [0.25, 0.3) is 5.91 Å². The first-order chi connectivity index (χ1) is 10.7. The van der Waals surface area contributed by atoms with Crippen LogP contribution in [0, 0.1) is 5.92 Å². The highest BCUT2D eigenvalue weighted by Crippen LogP contribution is 2.19. The van der Waals surface area contributed by atoms with Crippen molar-refractivity contribution in [2.75, 3.05) is 45.9 Å². The first-order valence-electron chi connectivity index (χ1n) is 8.63. The molecule has 1 atom stereocenters. The maximum atomic E-state index is 12.4. The number of piperazine rings is 1. The van der Waals surface area contributed by atoms with Gasteiger partial charge in [0.05, 0.1) is 0 Å². The van der Waals surface area contributed by atoms with E-state index in [2.05, 4.69) is 5.32 Å². The zero-order chi connectivity index (χ0) is 15.4. The predicted molar refractivity (Wildman–Crippen MR) is 89.6 cm³/mol. The molecule has 3 aliphatic heterocycles. The van der Waals surface area contributed by atoms with Gasteiger partial charge in [-0.3, -0.25) is 9.59 Å². The maximum absolute atomic E-state index is 12.4. The minimum atomic E-state index is -0.239. The molecule has 0 spiro atoms. The standard InChI is InChI=1S/C16H27N3O3.ClH/c20-15(12-13-3-5-17-6-4-13)18-7-9-19(10-8-18)16(21)14-2-1-11-22-14;/h13-14,17H,1-12H2;1H. The second kappa shape index (κ2) is 8.85. The largest absolute Gasteiger partial charge is 0.368 e. The molecule has 132 valence electrons. The van der Waals surface area contributed by atoms with E-state index in [1.54, 1.807) is 0 Å². The SMILES string of the molecule is Cl.O=C(CC1CCNCC1)N1CCN(C(=O)C2CCCO2)CC1. The second-order valence-corrected chi connectivity index (χ2v) is 6.61. The van der Waals surface area contributed by atoms with E-state index in [0.717, 1.165) is 38.8 Å². The molecular weight excluding hydrogens is 318 g/mol. The molecule has 2 amide bonds. The van der Waals surface area contributed by atoms with Crippen molar-refractivity contribution >= 4 is 24.2 Å². The van der Waals surface area contributed by atoms with Crippen LogP contribution in [0.5, 0.6) is 0 Å². The number of ether oxygens (including phenoxy) is 1. The normalized spacial score (nSPS) is 26.0. The van der Waals surface area contributed by atoms with Gasteiger partial charge in [-0.15, -0.1) is 12.4 Å². The summed E-state index contributed by atoms with van der Waals surface area (Å²) in [5.41, 5.74) is 0. The molecule has 7 heteroatoms. The lowest BCUT2D eigenvalue weighted by Gasteiger charge is -2.36. The van der Waals surface area contributed by atoms with E-state index in [1.807, 2.05) is 9.80 Å². The Morgan fingerprint density at radius 2 is 1.65 bits per heavy atom. The molecular formula is C16H28ClN3O3. The molecule has 23 heavy (non-hydrogen) atoms. The van der Waals surface area contributed by atoms with Gasteiger partial charge in [-0.05, 0) is 44.7 Å². The van der Waals surface area contributed by atoms with Crippen molar-refractivity contribution in [3.63, 3.8) is 0 Å². The third-order valence-electron chi connectivity index (χ3n) is 5.07. The van der Waals surface area contributed by atoms with Gasteiger partial charge in [0.2, 0.25) is 5.91 Å². The van der Waals surface area contributed by atoms with Crippen LogP contribution in [0.4, 0.5) is 0 Å². The Labute approximate surface area is 144 Å². The number of carbonyl (C=O) groups is 2. The van der Waals surface area contributed by atoms with Crippen LogP contribution in [0.1, 0.15) is 32.1 Å². The smallest absolute Gasteiger partial charge is 0.251 e. The van der Waals surface area contributed by atoms with Crippen LogP contribution in [0.3, 0.4) is 0 Å². The molecule has 3 aliphatic rings. The fraction of sp³-hybridized carbons (Fsp3) is 0.875. The number of hydrogen-bond donors (Lipinski definition) is 1. The molecule has 3 heterocycles. The predicted octanol–water partition coefficient (Wildman–Crippen LogP) is 0.648. The van der Waals surface area contributed by atoms with Crippen molar-refractivity contribution in [3.8, 4) is 0 Å². The Hall–Kier alpha value is -0.850. The van der Waals surface area contributed by atoms with Crippen LogP contribution in [0.15, 0.2) is 0 Å². The van der Waals surface area contributed by atoms with Gasteiger partial charge in [-0.2, -0.15) is 0 Å². The van der Waals surface area contributed by atoms with E-state index in [1.165, 1.54) is 0 Å². The number of piperidine rings is 1. The van der Waals surface area contributed by atoms with Crippen molar-refractivity contribution in [1.82, 2.24) is 15.1 Å². The molecule has 0 aromatic rings. The third-order valence-corrected chi connectivity index (χ3v) is 5.07. The second-order valence-electron chi connectivity index (χ2n) is 6.61. The molecule has 6 nitrogen and oxygen atoms in total. The molecule has 3 fully saturated rings. The molecule has 0 aromatic heterocycles. The Kier molecular flexibility index (Phi) is 7.11. The first-order valence-corrected chi connectivity index (χ1v) is 8.63. The fourth-order valence-corrected chi connectivity index (χ4v) is 3.61. The summed E-state index contributed by atoms with van der Waals surface area (Å²) >= 11 is 0. The van der Waals surface area contributed by atoms with Gasteiger partial charge < -0.3 is 19.9 Å². The molecule has 0 saturated carbocycles. The number of hydrogen-bond acceptors (Lipinski definition) is 4. The number of rotatable bonds is 3.